The van der Waals surface area contributed by atoms with E-state index in [0.29, 0.717) is 5.56 Å². The van der Waals surface area contributed by atoms with E-state index in [9.17, 15) is 34.2 Å². The van der Waals surface area contributed by atoms with Crippen molar-refractivity contribution >= 4 is 41.5 Å². The summed E-state index contributed by atoms with van der Waals surface area (Å²) in [6.07, 6.45) is -10.8. The number of ether oxygens (including phenoxy) is 8. The number of ketones is 1. The Morgan fingerprint density at radius 2 is 1.44 bits per heavy atom. The Kier molecular flexibility index (Phi) is 15.1. The van der Waals surface area contributed by atoms with E-state index < -0.39 is 125 Å². The van der Waals surface area contributed by atoms with Crippen LogP contribution in [0.5, 0.6) is 0 Å². The van der Waals surface area contributed by atoms with Gasteiger partial charge in [0.15, 0.2) is 17.5 Å². The molecule has 3 aromatic rings. The summed E-state index contributed by atoms with van der Waals surface area (Å²) in [5, 5.41) is 28.9. The van der Waals surface area contributed by atoms with Gasteiger partial charge in [0.25, 0.3) is 5.91 Å². The summed E-state index contributed by atoms with van der Waals surface area (Å²) in [5.41, 5.74) is -7.45. The maximum atomic E-state index is 15.7. The SMILES string of the molecule is COCCOCC(=O)O[C@@H](C(=O)O[C@H]1C[C@@]2(O)C(OC(=O)c3ccccc3)C3[C@](C)(C(=O)[C@H](OC(C)=O)C(=C1C)C2(C)C)[C@@H](O)C[C@H]1OC[C@@]31OC(C)=O)[C@@H](NC(=O)c1ccccc1)c1ccccc1. The van der Waals surface area contributed by atoms with Crippen LogP contribution in [-0.4, -0.2) is 133 Å². The maximum Gasteiger partial charge on any atom is 0.350 e. The summed E-state index contributed by atoms with van der Waals surface area (Å²) in [6.45, 7) is 7.36. The smallest absolute Gasteiger partial charge is 0.350 e. The lowest BCUT2D eigenvalue weighted by molar-refractivity contribution is -0.346. The van der Waals surface area contributed by atoms with Crippen LogP contribution < -0.4 is 5.32 Å². The van der Waals surface area contributed by atoms with E-state index in [1.807, 2.05) is 0 Å². The van der Waals surface area contributed by atoms with Crippen LogP contribution in [0, 0.1) is 16.7 Å². The molecule has 1 saturated heterocycles. The summed E-state index contributed by atoms with van der Waals surface area (Å²) in [4.78, 5) is 99.0. The maximum absolute atomic E-state index is 15.7. The molecule has 2 bridgehead atoms. The van der Waals surface area contributed by atoms with Crippen LogP contribution in [0.25, 0.3) is 0 Å². The second-order valence-corrected chi connectivity index (χ2v) is 18.9. The quantitative estimate of drug-likeness (QED) is 0.0796. The number of benzene rings is 3. The molecule has 3 fully saturated rings. The largest absolute Gasteiger partial charge is 0.455 e. The number of aliphatic hydroxyl groups is 2. The molecule has 1 aliphatic heterocycles. The molecule has 4 aliphatic rings. The van der Waals surface area contributed by atoms with Gasteiger partial charge in [0, 0.05) is 44.8 Å². The Labute approximate surface area is 404 Å². The molecule has 1 heterocycles. The highest BCUT2D eigenvalue weighted by Crippen LogP contribution is 2.64. The average Bonchev–Trinajstić information content (AvgIpc) is 3.32. The topological polar surface area (TPSA) is 246 Å². The van der Waals surface area contributed by atoms with Gasteiger partial charge in [0.1, 0.15) is 36.6 Å². The minimum atomic E-state index is -2.46. The number of carbonyl (C=O) groups is 7. The van der Waals surface area contributed by atoms with Crippen molar-refractivity contribution in [3.63, 3.8) is 0 Å². The van der Waals surface area contributed by atoms with Crippen molar-refractivity contribution in [1.82, 2.24) is 5.32 Å². The third-order valence-electron chi connectivity index (χ3n) is 14.4. The molecule has 7 rings (SSSR count). The van der Waals surface area contributed by atoms with Crippen molar-refractivity contribution in [2.75, 3.05) is 33.5 Å². The van der Waals surface area contributed by atoms with Gasteiger partial charge in [-0.2, -0.15) is 0 Å². The zero-order valence-corrected chi connectivity index (χ0v) is 40.0. The molecule has 374 valence electrons. The fraction of sp³-hybridized carbons (Fsp3) is 0.481. The van der Waals surface area contributed by atoms with Crippen LogP contribution in [0.1, 0.15) is 86.7 Å². The van der Waals surface area contributed by atoms with E-state index in [1.54, 1.807) is 92.7 Å². The third kappa shape index (κ3) is 9.50. The van der Waals surface area contributed by atoms with Crippen molar-refractivity contribution in [2.45, 2.75) is 108 Å². The first-order valence-electron chi connectivity index (χ1n) is 23.0. The van der Waals surface area contributed by atoms with E-state index in [1.165, 1.54) is 33.1 Å². The van der Waals surface area contributed by atoms with Gasteiger partial charge in [-0.15, -0.1) is 0 Å². The molecular weight excluding hydrogens is 911 g/mol. The fourth-order valence-corrected chi connectivity index (χ4v) is 10.8. The molecule has 0 spiro atoms. The van der Waals surface area contributed by atoms with Gasteiger partial charge < -0.3 is 53.4 Å². The molecule has 3 aromatic carbocycles. The number of hydrogen-bond donors (Lipinski definition) is 3. The first kappa shape index (κ1) is 51.5. The predicted octanol–water partition coefficient (Wildman–Crippen LogP) is 3.95. The predicted molar refractivity (Wildman–Crippen MR) is 244 cm³/mol. The van der Waals surface area contributed by atoms with E-state index in [0.717, 1.165) is 13.8 Å². The number of methoxy groups -OCH3 is 1. The van der Waals surface area contributed by atoms with E-state index in [-0.39, 0.29) is 48.5 Å². The Morgan fingerprint density at radius 3 is 2.01 bits per heavy atom. The standard InChI is InChI=1S/C52H59NO17/c1-29-35(67-48(61)42(68-38(57)27-64-24-23-63-7)40(32-17-11-8-12-18-32)53-46(59)33-19-13-9-14-20-33)26-52(62)45(69-47(60)34-21-15-10-16-22-34)43-50(6,36(56)25-37-51(43,28-65-37)70-31(3)55)44(58)41(66-30(2)54)39(29)49(52,4)5/h8-22,35-37,40-43,45,56,62H,23-28H2,1-7H3,(H,53,59)/t35-,36-,37+,40-,41+,42+,43?,45?,50+,51-,52+/m0/s1. The van der Waals surface area contributed by atoms with Gasteiger partial charge >= 0.3 is 29.8 Å². The van der Waals surface area contributed by atoms with E-state index in [2.05, 4.69) is 5.32 Å². The third-order valence-corrected chi connectivity index (χ3v) is 14.4. The van der Waals surface area contributed by atoms with Crippen LogP contribution in [0.2, 0.25) is 0 Å². The Bertz CT molecular complexity index is 2500. The first-order chi connectivity index (χ1) is 33.2. The second kappa shape index (κ2) is 20.6. The van der Waals surface area contributed by atoms with E-state index in [4.69, 9.17) is 37.9 Å². The number of nitrogens with one attached hydrogen (secondary N) is 1. The summed E-state index contributed by atoms with van der Waals surface area (Å²) in [6, 6.07) is 22.7. The average molecular weight is 970 g/mol. The fourth-order valence-electron chi connectivity index (χ4n) is 10.8. The van der Waals surface area contributed by atoms with Crippen LogP contribution in [0.4, 0.5) is 0 Å². The van der Waals surface area contributed by atoms with Crippen molar-refractivity contribution in [1.29, 1.82) is 0 Å². The Hall–Kier alpha value is -6.31. The van der Waals surface area contributed by atoms with Crippen molar-refractivity contribution in [3.05, 3.63) is 119 Å². The minimum absolute atomic E-state index is 0.00229. The van der Waals surface area contributed by atoms with Crippen molar-refractivity contribution in [3.8, 4) is 0 Å². The molecule has 3 aliphatic carbocycles. The van der Waals surface area contributed by atoms with Gasteiger partial charge in [0.2, 0.25) is 6.10 Å². The van der Waals surface area contributed by atoms with E-state index >= 15 is 9.59 Å². The molecule has 2 saturated carbocycles. The molecule has 2 unspecified atom stereocenters. The Morgan fingerprint density at radius 1 is 0.829 bits per heavy atom. The van der Waals surface area contributed by atoms with Gasteiger partial charge in [-0.05, 0) is 54.8 Å². The highest BCUT2D eigenvalue weighted by atomic mass is 16.6. The lowest BCUT2D eigenvalue weighted by Crippen LogP contribution is -2.82. The summed E-state index contributed by atoms with van der Waals surface area (Å²) in [5.74, 6) is -8.07. The van der Waals surface area contributed by atoms with Crippen LogP contribution in [0.15, 0.2) is 102 Å². The highest BCUT2D eigenvalue weighted by molar-refractivity contribution is 5.96. The normalized spacial score (nSPS) is 29.5. The minimum Gasteiger partial charge on any atom is -0.455 e. The number of esters is 5. The molecule has 1 amide bonds. The zero-order valence-electron chi connectivity index (χ0n) is 40.0. The number of aliphatic hydroxyl groups excluding tert-OH is 1. The highest BCUT2D eigenvalue weighted by Gasteiger charge is 2.78. The van der Waals surface area contributed by atoms with Gasteiger partial charge in [0.05, 0.1) is 42.8 Å². The number of amides is 1. The summed E-state index contributed by atoms with van der Waals surface area (Å²) in [7, 11) is 1.44. The molecule has 70 heavy (non-hydrogen) atoms. The van der Waals surface area contributed by atoms with Gasteiger partial charge in [-0.1, -0.05) is 80.6 Å². The zero-order chi connectivity index (χ0) is 50.8. The molecule has 18 nitrogen and oxygen atoms in total. The number of fused-ring (bicyclic) bond motifs is 5. The van der Waals surface area contributed by atoms with Crippen molar-refractivity contribution < 1.29 is 81.7 Å². The monoisotopic (exact) mass is 969 g/mol. The number of Topliss-reactive ketones (excluding diaryl/α,β-unsaturated/α-hetero) is 1. The lowest BCUT2D eigenvalue weighted by atomic mass is 9.44. The molecule has 0 radical (unpaired) electrons. The first-order valence-corrected chi connectivity index (χ1v) is 23.0. The van der Waals surface area contributed by atoms with Gasteiger partial charge in [-0.3, -0.25) is 19.2 Å². The number of carbonyl (C=O) groups excluding carboxylic acids is 7. The number of rotatable bonds is 16. The Balaban J connectivity index is 1.41. The van der Waals surface area contributed by atoms with Crippen LogP contribution in [-0.2, 0) is 61.9 Å². The molecule has 0 aromatic heterocycles. The van der Waals surface area contributed by atoms with Crippen molar-refractivity contribution in [2.24, 2.45) is 16.7 Å². The molecular formula is C52H59NO17. The number of hydrogen-bond acceptors (Lipinski definition) is 17. The summed E-state index contributed by atoms with van der Waals surface area (Å²) >= 11 is 0. The molecule has 11 atom stereocenters. The van der Waals surface area contributed by atoms with Gasteiger partial charge in [-0.25, -0.2) is 14.4 Å². The molecule has 3 N–H and O–H groups in total. The van der Waals surface area contributed by atoms with Crippen LogP contribution in [0.3, 0.4) is 0 Å². The van der Waals surface area contributed by atoms with Crippen LogP contribution >= 0.6 is 0 Å². The summed E-state index contributed by atoms with van der Waals surface area (Å²) < 4.78 is 47.0. The second-order valence-electron chi connectivity index (χ2n) is 18.9. The molecule has 18 heteroatoms. The lowest BCUT2D eigenvalue weighted by Gasteiger charge is -2.67.